The van der Waals surface area contributed by atoms with Gasteiger partial charge in [0, 0.05) is 24.5 Å². The number of carbonyl (C=O) groups is 1. The highest BCUT2D eigenvalue weighted by atomic mass is 16.1. The molecule has 0 aliphatic rings. The van der Waals surface area contributed by atoms with E-state index in [1.54, 1.807) is 12.4 Å². The van der Waals surface area contributed by atoms with E-state index in [1.165, 1.54) is 0 Å². The average molecular weight is 255 g/mol. The van der Waals surface area contributed by atoms with Crippen LogP contribution >= 0.6 is 0 Å². The van der Waals surface area contributed by atoms with Crippen molar-refractivity contribution < 1.29 is 4.79 Å². The van der Waals surface area contributed by atoms with Crippen molar-refractivity contribution >= 4 is 11.6 Å². The fourth-order valence-electron chi connectivity index (χ4n) is 1.78. The van der Waals surface area contributed by atoms with Crippen molar-refractivity contribution in [1.29, 1.82) is 0 Å². The van der Waals surface area contributed by atoms with Gasteiger partial charge in [0.25, 0.3) is 0 Å². The summed E-state index contributed by atoms with van der Waals surface area (Å²) in [6.07, 6.45) is 4.69. The Balaban J connectivity index is 2.01. The van der Waals surface area contributed by atoms with Gasteiger partial charge in [0.2, 0.25) is 5.91 Å². The lowest BCUT2D eigenvalue weighted by atomic mass is 10.1. The first kappa shape index (κ1) is 13.2. The number of anilines is 1. The van der Waals surface area contributed by atoms with E-state index < -0.39 is 0 Å². The van der Waals surface area contributed by atoms with Crippen LogP contribution in [0, 0.1) is 0 Å². The zero-order valence-corrected chi connectivity index (χ0v) is 10.7. The average Bonchev–Trinajstić information content (AvgIpc) is 2.47. The molecular formula is C15H17N3O. The predicted molar refractivity (Wildman–Crippen MR) is 76.6 cm³/mol. The van der Waals surface area contributed by atoms with Gasteiger partial charge in [-0.05, 0) is 48.4 Å². The van der Waals surface area contributed by atoms with Crippen LogP contribution in [0.2, 0.25) is 0 Å². The van der Waals surface area contributed by atoms with E-state index in [-0.39, 0.29) is 5.91 Å². The van der Waals surface area contributed by atoms with Gasteiger partial charge in [0.15, 0.2) is 0 Å². The number of amides is 1. The van der Waals surface area contributed by atoms with Crippen LogP contribution in [0.4, 0.5) is 5.69 Å². The zero-order valence-electron chi connectivity index (χ0n) is 10.7. The third kappa shape index (κ3) is 3.89. The summed E-state index contributed by atoms with van der Waals surface area (Å²) < 4.78 is 0. The predicted octanol–water partition coefficient (Wildman–Crippen LogP) is 2.43. The highest BCUT2D eigenvalue weighted by Gasteiger charge is 2.02. The Bertz CT molecular complexity index is 523. The summed E-state index contributed by atoms with van der Waals surface area (Å²) in [5.74, 6) is 0.00195. The van der Waals surface area contributed by atoms with Gasteiger partial charge in [-0.15, -0.1) is 0 Å². The van der Waals surface area contributed by atoms with Crippen molar-refractivity contribution in [2.75, 3.05) is 11.9 Å². The molecule has 0 unspecified atom stereocenters. The smallest absolute Gasteiger partial charge is 0.224 e. The second kappa shape index (κ2) is 6.66. The first-order chi connectivity index (χ1) is 9.29. The van der Waals surface area contributed by atoms with Crippen LogP contribution in [0.3, 0.4) is 0 Å². The van der Waals surface area contributed by atoms with Crippen LogP contribution < -0.4 is 11.1 Å². The molecule has 4 heteroatoms. The SMILES string of the molecule is NCCCC(=O)Nc1ccc(-c2ccncc2)cc1. The van der Waals surface area contributed by atoms with E-state index in [9.17, 15) is 4.79 Å². The lowest BCUT2D eigenvalue weighted by molar-refractivity contribution is -0.116. The minimum absolute atomic E-state index is 0.00195. The molecule has 1 aromatic carbocycles. The number of pyridine rings is 1. The Labute approximate surface area is 112 Å². The second-order valence-electron chi connectivity index (χ2n) is 4.25. The largest absolute Gasteiger partial charge is 0.330 e. The van der Waals surface area contributed by atoms with Crippen molar-refractivity contribution in [3.05, 3.63) is 48.8 Å². The van der Waals surface area contributed by atoms with Gasteiger partial charge in [0.05, 0.1) is 0 Å². The normalized spacial score (nSPS) is 10.2. The molecule has 0 saturated carbocycles. The van der Waals surface area contributed by atoms with Crippen LogP contribution in [0.5, 0.6) is 0 Å². The maximum absolute atomic E-state index is 11.6. The monoisotopic (exact) mass is 255 g/mol. The van der Waals surface area contributed by atoms with E-state index in [0.29, 0.717) is 19.4 Å². The van der Waals surface area contributed by atoms with Crippen molar-refractivity contribution in [3.63, 3.8) is 0 Å². The highest BCUT2D eigenvalue weighted by Crippen LogP contribution is 2.20. The molecule has 1 aromatic heterocycles. The molecule has 4 nitrogen and oxygen atoms in total. The van der Waals surface area contributed by atoms with Gasteiger partial charge >= 0.3 is 0 Å². The summed E-state index contributed by atoms with van der Waals surface area (Å²) >= 11 is 0. The molecule has 2 rings (SSSR count). The Morgan fingerprint density at radius 2 is 1.68 bits per heavy atom. The molecule has 0 atom stereocenters. The van der Waals surface area contributed by atoms with E-state index in [4.69, 9.17) is 5.73 Å². The molecule has 3 N–H and O–H groups in total. The van der Waals surface area contributed by atoms with Crippen molar-refractivity contribution in [3.8, 4) is 11.1 Å². The summed E-state index contributed by atoms with van der Waals surface area (Å²) in [7, 11) is 0. The molecule has 1 heterocycles. The second-order valence-corrected chi connectivity index (χ2v) is 4.25. The number of carbonyl (C=O) groups excluding carboxylic acids is 1. The number of benzene rings is 1. The van der Waals surface area contributed by atoms with Crippen molar-refractivity contribution in [1.82, 2.24) is 4.98 Å². The molecule has 1 amide bonds. The maximum atomic E-state index is 11.6. The minimum atomic E-state index is 0.00195. The summed E-state index contributed by atoms with van der Waals surface area (Å²) in [6.45, 7) is 0.536. The zero-order chi connectivity index (χ0) is 13.5. The molecule has 2 aromatic rings. The van der Waals surface area contributed by atoms with Crippen LogP contribution in [-0.2, 0) is 4.79 Å². The molecule has 0 radical (unpaired) electrons. The van der Waals surface area contributed by atoms with E-state index in [1.807, 2.05) is 36.4 Å². The maximum Gasteiger partial charge on any atom is 0.224 e. The number of aromatic nitrogens is 1. The standard InChI is InChI=1S/C15H17N3O/c16-9-1-2-15(19)18-14-5-3-12(4-6-14)13-7-10-17-11-8-13/h3-8,10-11H,1-2,9,16H2,(H,18,19). The van der Waals surface area contributed by atoms with Gasteiger partial charge < -0.3 is 11.1 Å². The summed E-state index contributed by atoms with van der Waals surface area (Å²) in [5, 5.41) is 2.85. The van der Waals surface area contributed by atoms with Crippen LogP contribution in [0.25, 0.3) is 11.1 Å². The van der Waals surface area contributed by atoms with Crippen molar-refractivity contribution in [2.24, 2.45) is 5.73 Å². The number of nitrogens with one attached hydrogen (secondary N) is 1. The summed E-state index contributed by atoms with van der Waals surface area (Å²) in [4.78, 5) is 15.5. The molecular weight excluding hydrogens is 238 g/mol. The fourth-order valence-corrected chi connectivity index (χ4v) is 1.78. The Kier molecular flexibility index (Phi) is 4.64. The molecule has 98 valence electrons. The molecule has 0 saturated heterocycles. The minimum Gasteiger partial charge on any atom is -0.330 e. The van der Waals surface area contributed by atoms with Gasteiger partial charge in [-0.25, -0.2) is 0 Å². The number of nitrogens with zero attached hydrogens (tertiary/aromatic N) is 1. The summed E-state index contributed by atoms with van der Waals surface area (Å²) in [6, 6.07) is 11.7. The molecule has 0 aliphatic carbocycles. The molecule has 0 aliphatic heterocycles. The molecule has 0 bridgehead atoms. The van der Waals surface area contributed by atoms with Gasteiger partial charge in [0.1, 0.15) is 0 Å². The Hall–Kier alpha value is -2.20. The molecule has 0 spiro atoms. The van der Waals surface area contributed by atoms with E-state index in [0.717, 1.165) is 16.8 Å². The van der Waals surface area contributed by atoms with Crippen LogP contribution in [0.15, 0.2) is 48.8 Å². The van der Waals surface area contributed by atoms with Crippen LogP contribution in [0.1, 0.15) is 12.8 Å². The van der Waals surface area contributed by atoms with Crippen LogP contribution in [-0.4, -0.2) is 17.4 Å². The fraction of sp³-hybridized carbons (Fsp3) is 0.200. The highest BCUT2D eigenvalue weighted by molar-refractivity contribution is 5.90. The summed E-state index contributed by atoms with van der Waals surface area (Å²) in [5.41, 5.74) is 8.38. The number of hydrogen-bond donors (Lipinski definition) is 2. The Morgan fingerprint density at radius 1 is 1.05 bits per heavy atom. The topological polar surface area (TPSA) is 68.0 Å². The lowest BCUT2D eigenvalue weighted by Gasteiger charge is -2.06. The first-order valence-corrected chi connectivity index (χ1v) is 6.30. The third-order valence-electron chi connectivity index (χ3n) is 2.79. The third-order valence-corrected chi connectivity index (χ3v) is 2.79. The number of rotatable bonds is 5. The van der Waals surface area contributed by atoms with Crippen molar-refractivity contribution in [2.45, 2.75) is 12.8 Å². The first-order valence-electron chi connectivity index (χ1n) is 6.30. The lowest BCUT2D eigenvalue weighted by Crippen LogP contribution is -2.13. The van der Waals surface area contributed by atoms with E-state index >= 15 is 0 Å². The van der Waals surface area contributed by atoms with Gasteiger partial charge in [-0.3, -0.25) is 9.78 Å². The molecule has 19 heavy (non-hydrogen) atoms. The quantitative estimate of drug-likeness (QED) is 0.862. The molecule has 0 fully saturated rings. The number of nitrogens with two attached hydrogens (primary N) is 1. The Morgan fingerprint density at radius 3 is 2.32 bits per heavy atom. The van der Waals surface area contributed by atoms with E-state index in [2.05, 4.69) is 10.3 Å². The van der Waals surface area contributed by atoms with Gasteiger partial charge in [-0.1, -0.05) is 12.1 Å². The van der Waals surface area contributed by atoms with Gasteiger partial charge in [-0.2, -0.15) is 0 Å². The number of hydrogen-bond acceptors (Lipinski definition) is 3.